The van der Waals surface area contributed by atoms with Crippen LogP contribution in [0.25, 0.3) is 10.9 Å². The van der Waals surface area contributed by atoms with Crippen LogP contribution in [0.3, 0.4) is 0 Å². The Balaban J connectivity index is 1.99. The summed E-state index contributed by atoms with van der Waals surface area (Å²) in [5.41, 5.74) is 4.08. The monoisotopic (exact) mass is 270 g/mol. The van der Waals surface area contributed by atoms with Gasteiger partial charge in [0.05, 0.1) is 0 Å². The molecule has 0 aliphatic heterocycles. The fourth-order valence-electron chi connectivity index (χ4n) is 2.43. The quantitative estimate of drug-likeness (QED) is 0.745. The van der Waals surface area contributed by atoms with Crippen molar-refractivity contribution in [3.05, 3.63) is 58.4 Å². The molecule has 0 fully saturated rings. The Morgan fingerprint density at radius 1 is 1.21 bits per heavy atom. The number of nitrogens with one attached hydrogen (secondary N) is 1. The number of thiophene rings is 1. The Hall–Kier alpha value is -1.58. The maximum atomic E-state index is 3.42. The molecule has 2 aromatic heterocycles. The van der Waals surface area contributed by atoms with Crippen molar-refractivity contribution >= 4 is 22.2 Å². The molecule has 0 saturated carbocycles. The summed E-state index contributed by atoms with van der Waals surface area (Å²) >= 11 is 1.76. The molecular weight excluding hydrogens is 252 g/mol. The van der Waals surface area contributed by atoms with Gasteiger partial charge in [-0.3, -0.25) is 0 Å². The number of aromatic nitrogens is 1. The highest BCUT2D eigenvalue weighted by atomic mass is 32.1. The van der Waals surface area contributed by atoms with E-state index in [0.717, 1.165) is 19.6 Å². The molecule has 1 aromatic carbocycles. The summed E-state index contributed by atoms with van der Waals surface area (Å²) in [5.74, 6) is 0. The van der Waals surface area contributed by atoms with E-state index in [1.165, 1.54) is 22.0 Å². The van der Waals surface area contributed by atoms with Gasteiger partial charge in [-0.2, -0.15) is 11.3 Å². The van der Waals surface area contributed by atoms with E-state index in [1.54, 1.807) is 11.3 Å². The van der Waals surface area contributed by atoms with E-state index in [9.17, 15) is 0 Å². The first-order valence-corrected chi connectivity index (χ1v) is 7.61. The van der Waals surface area contributed by atoms with Crippen LogP contribution in [0.1, 0.15) is 18.1 Å². The van der Waals surface area contributed by atoms with Gasteiger partial charge in [0.15, 0.2) is 0 Å². The van der Waals surface area contributed by atoms with Gasteiger partial charge in [-0.15, -0.1) is 0 Å². The first kappa shape index (κ1) is 12.5. The second kappa shape index (κ2) is 5.59. The Morgan fingerprint density at radius 2 is 2.11 bits per heavy atom. The first-order chi connectivity index (χ1) is 9.38. The number of fused-ring (bicyclic) bond motifs is 1. The Labute approximate surface area is 117 Å². The van der Waals surface area contributed by atoms with Crippen molar-refractivity contribution in [1.82, 2.24) is 9.88 Å². The van der Waals surface area contributed by atoms with Gasteiger partial charge >= 0.3 is 0 Å². The lowest BCUT2D eigenvalue weighted by atomic mass is 10.2. The molecule has 3 heteroatoms. The van der Waals surface area contributed by atoms with Gasteiger partial charge in [0.1, 0.15) is 0 Å². The summed E-state index contributed by atoms with van der Waals surface area (Å²) in [7, 11) is 0. The topological polar surface area (TPSA) is 17.0 Å². The molecule has 19 heavy (non-hydrogen) atoms. The maximum absolute atomic E-state index is 3.42. The molecule has 98 valence electrons. The highest BCUT2D eigenvalue weighted by molar-refractivity contribution is 7.07. The van der Waals surface area contributed by atoms with Crippen LogP contribution in [0.15, 0.2) is 47.3 Å². The zero-order valence-electron chi connectivity index (χ0n) is 11.1. The van der Waals surface area contributed by atoms with Crippen LogP contribution in [0.5, 0.6) is 0 Å². The molecule has 0 bridgehead atoms. The zero-order valence-corrected chi connectivity index (χ0v) is 11.9. The largest absolute Gasteiger partial charge is 0.343 e. The number of nitrogens with zero attached hydrogens (tertiary/aromatic N) is 1. The number of rotatable bonds is 5. The summed E-state index contributed by atoms with van der Waals surface area (Å²) in [4.78, 5) is 0. The maximum Gasteiger partial charge on any atom is 0.0486 e. The van der Waals surface area contributed by atoms with Crippen molar-refractivity contribution in [2.75, 3.05) is 6.54 Å². The molecule has 0 aliphatic rings. The standard InChI is InChI=1S/C16H18N2S/c1-2-17-9-14-11-18(10-13-7-8-19-12-13)16-6-4-3-5-15(14)16/h3-8,11-12,17H,2,9-10H2,1H3. The van der Waals surface area contributed by atoms with Gasteiger partial charge in [-0.1, -0.05) is 25.1 Å². The third kappa shape index (κ3) is 2.57. The van der Waals surface area contributed by atoms with Crippen molar-refractivity contribution < 1.29 is 0 Å². The van der Waals surface area contributed by atoms with Crippen LogP contribution in [-0.2, 0) is 13.1 Å². The number of benzene rings is 1. The molecule has 3 aromatic rings. The second-order valence-electron chi connectivity index (χ2n) is 4.71. The average molecular weight is 270 g/mol. The second-order valence-corrected chi connectivity index (χ2v) is 5.49. The van der Waals surface area contributed by atoms with Gasteiger partial charge in [0, 0.05) is 30.2 Å². The molecular formula is C16H18N2S. The van der Waals surface area contributed by atoms with Gasteiger partial charge < -0.3 is 9.88 Å². The Bertz CT molecular complexity index is 653. The van der Waals surface area contributed by atoms with E-state index < -0.39 is 0 Å². The molecule has 0 amide bonds. The Morgan fingerprint density at radius 3 is 2.89 bits per heavy atom. The molecule has 0 radical (unpaired) electrons. The average Bonchev–Trinajstić information content (AvgIpc) is 3.06. The molecule has 2 nitrogen and oxygen atoms in total. The number of para-hydroxylation sites is 1. The van der Waals surface area contributed by atoms with Crippen LogP contribution in [0, 0.1) is 0 Å². The number of hydrogen-bond acceptors (Lipinski definition) is 2. The zero-order chi connectivity index (χ0) is 13.1. The molecule has 0 atom stereocenters. The molecule has 0 aliphatic carbocycles. The lowest BCUT2D eigenvalue weighted by molar-refractivity contribution is 0.724. The van der Waals surface area contributed by atoms with E-state index in [4.69, 9.17) is 0 Å². The van der Waals surface area contributed by atoms with E-state index >= 15 is 0 Å². The Kier molecular flexibility index (Phi) is 3.67. The van der Waals surface area contributed by atoms with Crippen molar-refractivity contribution in [2.45, 2.75) is 20.0 Å². The predicted octanol–water partition coefficient (Wildman–Crippen LogP) is 3.86. The molecule has 0 saturated heterocycles. The van der Waals surface area contributed by atoms with E-state index in [2.05, 4.69) is 64.1 Å². The molecule has 0 unspecified atom stereocenters. The van der Waals surface area contributed by atoms with E-state index in [1.807, 2.05) is 0 Å². The van der Waals surface area contributed by atoms with Gasteiger partial charge in [-0.25, -0.2) is 0 Å². The highest BCUT2D eigenvalue weighted by Crippen LogP contribution is 2.22. The normalized spacial score (nSPS) is 11.2. The van der Waals surface area contributed by atoms with Crippen molar-refractivity contribution in [1.29, 1.82) is 0 Å². The summed E-state index contributed by atoms with van der Waals surface area (Å²) in [5, 5.41) is 9.14. The minimum Gasteiger partial charge on any atom is -0.343 e. The van der Waals surface area contributed by atoms with Gasteiger partial charge in [0.25, 0.3) is 0 Å². The fourth-order valence-corrected chi connectivity index (χ4v) is 3.09. The van der Waals surface area contributed by atoms with Gasteiger partial charge in [-0.05, 0) is 40.6 Å². The fraction of sp³-hybridized carbons (Fsp3) is 0.250. The van der Waals surface area contributed by atoms with Crippen molar-refractivity contribution in [3.8, 4) is 0 Å². The molecule has 3 rings (SSSR count). The molecule has 1 N–H and O–H groups in total. The third-order valence-corrected chi connectivity index (χ3v) is 4.10. The van der Waals surface area contributed by atoms with Crippen LogP contribution in [0.4, 0.5) is 0 Å². The van der Waals surface area contributed by atoms with Crippen LogP contribution >= 0.6 is 11.3 Å². The van der Waals surface area contributed by atoms with Crippen molar-refractivity contribution in [3.63, 3.8) is 0 Å². The predicted molar refractivity (Wildman–Crippen MR) is 82.7 cm³/mol. The van der Waals surface area contributed by atoms with Crippen LogP contribution in [-0.4, -0.2) is 11.1 Å². The highest BCUT2D eigenvalue weighted by Gasteiger charge is 2.07. The lowest BCUT2D eigenvalue weighted by Crippen LogP contribution is -2.11. The van der Waals surface area contributed by atoms with E-state index in [0.29, 0.717) is 0 Å². The minimum absolute atomic E-state index is 0.938. The molecule has 2 heterocycles. The number of hydrogen-bond donors (Lipinski definition) is 1. The smallest absolute Gasteiger partial charge is 0.0486 e. The molecule has 0 spiro atoms. The summed E-state index contributed by atoms with van der Waals surface area (Å²) in [6.07, 6.45) is 2.28. The van der Waals surface area contributed by atoms with Crippen LogP contribution in [0.2, 0.25) is 0 Å². The summed E-state index contributed by atoms with van der Waals surface area (Å²) in [6, 6.07) is 10.9. The van der Waals surface area contributed by atoms with Gasteiger partial charge in [0.2, 0.25) is 0 Å². The van der Waals surface area contributed by atoms with Crippen molar-refractivity contribution in [2.24, 2.45) is 0 Å². The third-order valence-electron chi connectivity index (χ3n) is 3.37. The SMILES string of the molecule is CCNCc1cn(Cc2ccsc2)c2ccccc12. The minimum atomic E-state index is 0.938. The summed E-state index contributed by atoms with van der Waals surface area (Å²) in [6.45, 7) is 5.04. The van der Waals surface area contributed by atoms with Crippen LogP contribution < -0.4 is 5.32 Å². The first-order valence-electron chi connectivity index (χ1n) is 6.67. The lowest BCUT2D eigenvalue weighted by Gasteiger charge is -2.02. The van der Waals surface area contributed by atoms with E-state index in [-0.39, 0.29) is 0 Å². The summed E-state index contributed by atoms with van der Waals surface area (Å²) < 4.78 is 2.35.